The molecule has 4 heteroatoms. The molecule has 0 radical (unpaired) electrons. The van der Waals surface area contributed by atoms with E-state index in [1.165, 1.54) is 0 Å². The Balaban J connectivity index is 2.11. The average Bonchev–Trinajstić information content (AvgIpc) is 2.86. The van der Waals surface area contributed by atoms with Crippen LogP contribution in [-0.2, 0) is 14.3 Å². The molecular weight excluding hydrogens is 256 g/mol. The van der Waals surface area contributed by atoms with Gasteiger partial charge >= 0.3 is 11.9 Å². The Morgan fingerprint density at radius 3 is 2.30 bits per heavy atom. The van der Waals surface area contributed by atoms with Crippen LogP contribution in [0.5, 0.6) is 0 Å². The van der Waals surface area contributed by atoms with Gasteiger partial charge in [0.05, 0.1) is 12.2 Å². The molecule has 4 nitrogen and oxygen atoms in total. The van der Waals surface area contributed by atoms with Gasteiger partial charge in [0.25, 0.3) is 0 Å². The predicted molar refractivity (Wildman–Crippen MR) is 74.2 cm³/mol. The van der Waals surface area contributed by atoms with Crippen LogP contribution < -0.4 is 0 Å². The summed E-state index contributed by atoms with van der Waals surface area (Å²) in [5.41, 5.74) is -0.696. The van der Waals surface area contributed by atoms with E-state index in [2.05, 4.69) is 0 Å². The topological polar surface area (TPSA) is 52.6 Å². The fraction of sp³-hybridized carbons (Fsp3) is 0.500. The van der Waals surface area contributed by atoms with Gasteiger partial charge in [0.1, 0.15) is 11.5 Å². The Kier molecular flexibility index (Phi) is 3.59. The fourth-order valence-corrected chi connectivity index (χ4v) is 2.59. The van der Waals surface area contributed by atoms with Gasteiger partial charge in [0.2, 0.25) is 0 Å². The van der Waals surface area contributed by atoms with Crippen molar-refractivity contribution in [3.8, 4) is 0 Å². The molecule has 0 aromatic heterocycles. The first-order chi connectivity index (χ1) is 9.35. The minimum atomic E-state index is -0.770. The van der Waals surface area contributed by atoms with E-state index in [0.29, 0.717) is 12.2 Å². The van der Waals surface area contributed by atoms with Gasteiger partial charge in [-0.05, 0) is 26.0 Å². The van der Waals surface area contributed by atoms with Crippen molar-refractivity contribution in [1.29, 1.82) is 0 Å². The third-order valence-corrected chi connectivity index (χ3v) is 4.37. The number of hydrogen-bond acceptors (Lipinski definition) is 4. The number of esters is 2. The number of hydrogen-bond donors (Lipinski definition) is 0. The summed E-state index contributed by atoms with van der Waals surface area (Å²) in [5.74, 6) is -0.715. The van der Waals surface area contributed by atoms with Crippen LogP contribution in [0, 0.1) is 10.8 Å². The molecule has 1 saturated carbocycles. The van der Waals surface area contributed by atoms with Crippen LogP contribution in [0.1, 0.15) is 38.1 Å². The van der Waals surface area contributed by atoms with E-state index in [1.807, 2.05) is 19.9 Å². The first-order valence-electron chi connectivity index (χ1n) is 6.79. The maximum absolute atomic E-state index is 12.1. The molecule has 1 aromatic carbocycles. The Morgan fingerprint density at radius 2 is 1.75 bits per heavy atom. The van der Waals surface area contributed by atoms with Crippen molar-refractivity contribution in [1.82, 2.24) is 0 Å². The van der Waals surface area contributed by atoms with Crippen LogP contribution in [0.25, 0.3) is 0 Å². The molecule has 1 aliphatic rings. The maximum atomic E-state index is 12.1. The minimum absolute atomic E-state index is 0.309. The molecule has 1 aromatic rings. The summed E-state index contributed by atoms with van der Waals surface area (Å²) in [4.78, 5) is 24.1. The van der Waals surface area contributed by atoms with Crippen LogP contribution in [0.4, 0.5) is 0 Å². The monoisotopic (exact) mass is 276 g/mol. The standard InChI is InChI=1S/C16H20O4/c1-5-19-14(18)16(4)13(15(16,2)3)20-12(17)11-9-7-6-8-10-11/h6-10,13H,5H2,1-4H3. The lowest BCUT2D eigenvalue weighted by Gasteiger charge is -2.11. The largest absolute Gasteiger partial charge is 0.465 e. The Labute approximate surface area is 119 Å². The lowest BCUT2D eigenvalue weighted by Crippen LogP contribution is -2.23. The Bertz CT molecular complexity index is 521. The molecule has 0 bridgehead atoms. The molecule has 0 amide bonds. The lowest BCUT2D eigenvalue weighted by atomic mass is 9.99. The van der Waals surface area contributed by atoms with Gasteiger partial charge in [-0.2, -0.15) is 0 Å². The van der Waals surface area contributed by atoms with Gasteiger partial charge in [0, 0.05) is 5.41 Å². The van der Waals surface area contributed by atoms with Crippen LogP contribution in [-0.4, -0.2) is 24.6 Å². The predicted octanol–water partition coefficient (Wildman–Crippen LogP) is 2.82. The van der Waals surface area contributed by atoms with E-state index in [4.69, 9.17) is 9.47 Å². The molecule has 2 atom stereocenters. The summed E-state index contributed by atoms with van der Waals surface area (Å²) < 4.78 is 10.6. The van der Waals surface area contributed by atoms with Crippen molar-refractivity contribution in [2.45, 2.75) is 33.8 Å². The minimum Gasteiger partial charge on any atom is -0.465 e. The van der Waals surface area contributed by atoms with Gasteiger partial charge in [0.15, 0.2) is 0 Å². The van der Waals surface area contributed by atoms with Crippen molar-refractivity contribution in [3.63, 3.8) is 0 Å². The molecule has 0 aliphatic heterocycles. The second kappa shape index (κ2) is 4.93. The number of carbonyl (C=O) groups excluding carboxylic acids is 2. The van der Waals surface area contributed by atoms with Gasteiger partial charge in [-0.25, -0.2) is 4.79 Å². The van der Waals surface area contributed by atoms with Crippen molar-refractivity contribution < 1.29 is 19.1 Å². The van der Waals surface area contributed by atoms with E-state index in [-0.39, 0.29) is 5.97 Å². The second-order valence-corrected chi connectivity index (χ2v) is 5.80. The van der Waals surface area contributed by atoms with Crippen molar-refractivity contribution in [3.05, 3.63) is 35.9 Å². The quantitative estimate of drug-likeness (QED) is 0.793. The Morgan fingerprint density at radius 1 is 1.15 bits per heavy atom. The molecule has 0 saturated heterocycles. The number of carbonyl (C=O) groups is 2. The molecule has 2 unspecified atom stereocenters. The van der Waals surface area contributed by atoms with Crippen molar-refractivity contribution in [2.75, 3.05) is 6.61 Å². The van der Waals surface area contributed by atoms with Gasteiger partial charge in [-0.15, -0.1) is 0 Å². The zero-order chi connectivity index (χ0) is 15.0. The first kappa shape index (κ1) is 14.6. The zero-order valence-corrected chi connectivity index (χ0v) is 12.3. The van der Waals surface area contributed by atoms with Gasteiger partial charge < -0.3 is 9.47 Å². The van der Waals surface area contributed by atoms with Gasteiger partial charge in [-0.3, -0.25) is 4.79 Å². The molecular formula is C16H20O4. The molecule has 2 rings (SSSR count). The highest BCUT2D eigenvalue weighted by Crippen LogP contribution is 2.65. The van der Waals surface area contributed by atoms with Crippen LogP contribution in [0.3, 0.4) is 0 Å². The normalized spacial score (nSPS) is 26.7. The Hall–Kier alpha value is -1.84. The number of benzene rings is 1. The first-order valence-corrected chi connectivity index (χ1v) is 6.79. The van der Waals surface area contributed by atoms with E-state index >= 15 is 0 Å². The molecule has 20 heavy (non-hydrogen) atoms. The number of rotatable bonds is 4. The van der Waals surface area contributed by atoms with Crippen LogP contribution in [0.2, 0.25) is 0 Å². The second-order valence-electron chi connectivity index (χ2n) is 5.80. The highest BCUT2D eigenvalue weighted by Gasteiger charge is 2.76. The molecule has 0 heterocycles. The van der Waals surface area contributed by atoms with E-state index in [9.17, 15) is 9.59 Å². The molecule has 1 fully saturated rings. The SMILES string of the molecule is CCOC(=O)C1(C)C(OC(=O)c2ccccc2)C1(C)C. The smallest absolute Gasteiger partial charge is 0.338 e. The third kappa shape index (κ3) is 2.09. The zero-order valence-electron chi connectivity index (χ0n) is 12.3. The summed E-state index contributed by atoms with van der Waals surface area (Å²) in [6, 6.07) is 8.78. The summed E-state index contributed by atoms with van der Waals surface area (Å²) >= 11 is 0. The third-order valence-electron chi connectivity index (χ3n) is 4.37. The van der Waals surface area contributed by atoms with E-state index < -0.39 is 22.9 Å². The lowest BCUT2D eigenvalue weighted by molar-refractivity contribution is -0.151. The molecule has 1 aliphatic carbocycles. The van der Waals surface area contributed by atoms with Crippen LogP contribution in [0.15, 0.2) is 30.3 Å². The summed E-state index contributed by atoms with van der Waals surface area (Å²) in [5, 5.41) is 0. The van der Waals surface area contributed by atoms with E-state index in [0.717, 1.165) is 0 Å². The molecule has 0 spiro atoms. The fourth-order valence-electron chi connectivity index (χ4n) is 2.59. The molecule has 0 N–H and O–H groups in total. The average molecular weight is 276 g/mol. The van der Waals surface area contributed by atoms with Crippen molar-refractivity contribution >= 4 is 11.9 Å². The summed E-state index contributed by atoms with van der Waals surface area (Å²) in [7, 11) is 0. The molecule has 108 valence electrons. The van der Waals surface area contributed by atoms with E-state index in [1.54, 1.807) is 38.1 Å². The number of ether oxygens (including phenoxy) is 2. The maximum Gasteiger partial charge on any atom is 0.338 e. The summed E-state index contributed by atoms with van der Waals surface area (Å²) in [6.07, 6.45) is -0.457. The van der Waals surface area contributed by atoms with Crippen LogP contribution >= 0.6 is 0 Å². The highest BCUT2D eigenvalue weighted by atomic mass is 16.6. The highest BCUT2D eigenvalue weighted by molar-refractivity contribution is 5.91. The van der Waals surface area contributed by atoms with Crippen molar-refractivity contribution in [2.24, 2.45) is 10.8 Å². The van der Waals surface area contributed by atoms with Gasteiger partial charge in [-0.1, -0.05) is 32.0 Å². The summed E-state index contributed by atoms with van der Waals surface area (Å²) in [6.45, 7) is 7.69.